The maximum absolute atomic E-state index is 5.72. The topological polar surface area (TPSA) is 29.0 Å². The van der Waals surface area contributed by atoms with Crippen LogP contribution in [0.2, 0.25) is 5.02 Å². The summed E-state index contributed by atoms with van der Waals surface area (Å²) in [5, 5.41) is 1.64. The van der Waals surface area contributed by atoms with E-state index in [-0.39, 0.29) is 0 Å². The second kappa shape index (κ2) is 4.45. The Balaban J connectivity index is 2.06. The summed E-state index contributed by atoms with van der Waals surface area (Å²) in [4.78, 5) is 10.6. The molecule has 1 fully saturated rings. The fourth-order valence-corrected chi connectivity index (χ4v) is 2.24. The summed E-state index contributed by atoms with van der Waals surface area (Å²) < 4.78 is 0. The van der Waals surface area contributed by atoms with Crippen molar-refractivity contribution in [3.63, 3.8) is 0 Å². The van der Waals surface area contributed by atoms with Crippen LogP contribution >= 0.6 is 27.5 Å². The van der Waals surface area contributed by atoms with Gasteiger partial charge in [-0.05, 0) is 12.3 Å². The van der Waals surface area contributed by atoms with Gasteiger partial charge in [0.25, 0.3) is 0 Å². The molecule has 1 aliphatic heterocycles. The smallest absolute Gasteiger partial charge is 0.225 e. The monoisotopic (exact) mass is 275 g/mol. The molecular formula is C9H11BrClN3. The first-order valence-corrected chi connectivity index (χ1v) is 6.08. The van der Waals surface area contributed by atoms with E-state index in [4.69, 9.17) is 11.6 Å². The highest BCUT2D eigenvalue weighted by molar-refractivity contribution is 9.09. The lowest BCUT2D eigenvalue weighted by molar-refractivity contribution is 0.674. The van der Waals surface area contributed by atoms with Gasteiger partial charge in [-0.1, -0.05) is 27.5 Å². The molecule has 0 radical (unpaired) electrons. The van der Waals surface area contributed by atoms with Gasteiger partial charge in [0, 0.05) is 18.4 Å². The minimum absolute atomic E-state index is 0.588. The molecule has 0 N–H and O–H groups in total. The van der Waals surface area contributed by atoms with Crippen molar-refractivity contribution in [3.05, 3.63) is 17.4 Å². The van der Waals surface area contributed by atoms with Gasteiger partial charge in [0.1, 0.15) is 0 Å². The van der Waals surface area contributed by atoms with Gasteiger partial charge in [0.05, 0.1) is 17.4 Å². The van der Waals surface area contributed by atoms with Gasteiger partial charge in [-0.25, -0.2) is 9.97 Å². The summed E-state index contributed by atoms with van der Waals surface area (Å²) in [5.41, 5.74) is 0. The van der Waals surface area contributed by atoms with Crippen LogP contribution < -0.4 is 4.90 Å². The van der Waals surface area contributed by atoms with Crippen LogP contribution in [0.3, 0.4) is 0 Å². The van der Waals surface area contributed by atoms with Crippen LogP contribution in [0, 0.1) is 5.92 Å². The first-order valence-electron chi connectivity index (χ1n) is 4.58. The summed E-state index contributed by atoms with van der Waals surface area (Å²) in [5.74, 6) is 1.51. The quantitative estimate of drug-likeness (QED) is 0.777. The molecule has 1 aromatic heterocycles. The first-order chi connectivity index (χ1) is 6.79. The fourth-order valence-electron chi connectivity index (χ4n) is 1.61. The van der Waals surface area contributed by atoms with E-state index in [1.807, 2.05) is 0 Å². The molecule has 3 nitrogen and oxygen atoms in total. The van der Waals surface area contributed by atoms with Crippen LogP contribution in [0.1, 0.15) is 6.42 Å². The highest BCUT2D eigenvalue weighted by atomic mass is 79.9. The summed E-state index contributed by atoms with van der Waals surface area (Å²) >= 11 is 9.22. The molecule has 1 unspecified atom stereocenters. The van der Waals surface area contributed by atoms with Crippen molar-refractivity contribution in [1.29, 1.82) is 0 Å². The second-order valence-corrected chi connectivity index (χ2v) is 4.54. The first kappa shape index (κ1) is 10.2. The van der Waals surface area contributed by atoms with Gasteiger partial charge < -0.3 is 4.90 Å². The third-order valence-electron chi connectivity index (χ3n) is 2.39. The summed E-state index contributed by atoms with van der Waals surface area (Å²) in [6.07, 6.45) is 4.49. The number of anilines is 1. The number of rotatable bonds is 2. The van der Waals surface area contributed by atoms with E-state index in [0.717, 1.165) is 24.4 Å². The zero-order valence-corrected chi connectivity index (χ0v) is 10.00. The highest BCUT2D eigenvalue weighted by Gasteiger charge is 2.22. The lowest BCUT2D eigenvalue weighted by Crippen LogP contribution is -2.22. The number of aromatic nitrogens is 2. The molecule has 2 heterocycles. The van der Waals surface area contributed by atoms with Crippen LogP contribution in [0.15, 0.2) is 12.4 Å². The molecule has 5 heteroatoms. The predicted molar refractivity (Wildman–Crippen MR) is 61.2 cm³/mol. The van der Waals surface area contributed by atoms with Gasteiger partial charge in [-0.2, -0.15) is 0 Å². The lowest BCUT2D eigenvalue weighted by atomic mass is 10.2. The van der Waals surface area contributed by atoms with Crippen molar-refractivity contribution in [2.75, 3.05) is 23.3 Å². The molecule has 1 atom stereocenters. The molecule has 0 spiro atoms. The van der Waals surface area contributed by atoms with Crippen LogP contribution in [0.25, 0.3) is 0 Å². The molecule has 14 heavy (non-hydrogen) atoms. The number of hydrogen-bond donors (Lipinski definition) is 0. The number of hydrogen-bond acceptors (Lipinski definition) is 3. The maximum Gasteiger partial charge on any atom is 0.225 e. The Labute approximate surface area is 96.6 Å². The van der Waals surface area contributed by atoms with Crippen LogP contribution in [0.5, 0.6) is 0 Å². The molecule has 76 valence electrons. The molecule has 1 aliphatic rings. The Kier molecular flexibility index (Phi) is 3.23. The average Bonchev–Trinajstić information content (AvgIpc) is 2.67. The molecule has 0 saturated carbocycles. The van der Waals surface area contributed by atoms with Crippen molar-refractivity contribution in [1.82, 2.24) is 9.97 Å². The number of nitrogens with zero attached hydrogens (tertiary/aromatic N) is 3. The van der Waals surface area contributed by atoms with E-state index in [1.54, 1.807) is 12.4 Å². The standard InChI is InChI=1S/C9H11BrClN3/c10-3-7-1-2-14(6-7)9-12-4-8(11)5-13-9/h4-5,7H,1-3,6H2. The zero-order valence-electron chi connectivity index (χ0n) is 7.66. The third-order valence-corrected chi connectivity index (χ3v) is 3.50. The maximum atomic E-state index is 5.72. The number of alkyl halides is 1. The van der Waals surface area contributed by atoms with Crippen molar-refractivity contribution >= 4 is 33.5 Å². The van der Waals surface area contributed by atoms with Crippen molar-refractivity contribution < 1.29 is 0 Å². The van der Waals surface area contributed by atoms with Crippen LogP contribution in [-0.2, 0) is 0 Å². The lowest BCUT2D eigenvalue weighted by Gasteiger charge is -2.15. The molecule has 1 saturated heterocycles. The van der Waals surface area contributed by atoms with Gasteiger partial charge >= 0.3 is 0 Å². The Hall–Kier alpha value is -0.350. The molecule has 0 aliphatic carbocycles. The van der Waals surface area contributed by atoms with Gasteiger partial charge in [0.15, 0.2) is 0 Å². The summed E-state index contributed by atoms with van der Waals surface area (Å²) in [6.45, 7) is 2.07. The second-order valence-electron chi connectivity index (χ2n) is 3.46. The van der Waals surface area contributed by atoms with E-state index in [9.17, 15) is 0 Å². The molecule has 0 bridgehead atoms. The molecule has 0 amide bonds. The Morgan fingerprint density at radius 2 is 2.21 bits per heavy atom. The zero-order chi connectivity index (χ0) is 9.97. The van der Waals surface area contributed by atoms with E-state index in [0.29, 0.717) is 10.9 Å². The van der Waals surface area contributed by atoms with E-state index in [2.05, 4.69) is 30.8 Å². The molecular weight excluding hydrogens is 265 g/mol. The SMILES string of the molecule is Clc1cnc(N2CCC(CBr)C2)nc1. The van der Waals surface area contributed by atoms with E-state index < -0.39 is 0 Å². The van der Waals surface area contributed by atoms with E-state index in [1.165, 1.54) is 6.42 Å². The van der Waals surface area contributed by atoms with Crippen LogP contribution in [0.4, 0.5) is 5.95 Å². The summed E-state index contributed by atoms with van der Waals surface area (Å²) in [7, 11) is 0. The molecule has 1 aromatic rings. The number of halogens is 2. The van der Waals surface area contributed by atoms with Crippen LogP contribution in [-0.4, -0.2) is 28.4 Å². The normalized spacial score (nSPS) is 21.6. The van der Waals surface area contributed by atoms with E-state index >= 15 is 0 Å². The highest BCUT2D eigenvalue weighted by Crippen LogP contribution is 2.22. The average molecular weight is 277 g/mol. The Morgan fingerprint density at radius 3 is 2.79 bits per heavy atom. The Morgan fingerprint density at radius 1 is 1.50 bits per heavy atom. The van der Waals surface area contributed by atoms with Crippen molar-refractivity contribution in [3.8, 4) is 0 Å². The third kappa shape index (κ3) is 2.17. The minimum atomic E-state index is 0.588. The largest absolute Gasteiger partial charge is 0.341 e. The predicted octanol–water partition coefficient (Wildman–Crippen LogP) is 2.35. The minimum Gasteiger partial charge on any atom is -0.341 e. The Bertz CT molecular complexity index is 303. The van der Waals surface area contributed by atoms with Crippen molar-refractivity contribution in [2.24, 2.45) is 5.92 Å². The van der Waals surface area contributed by atoms with Gasteiger partial charge in [-0.3, -0.25) is 0 Å². The van der Waals surface area contributed by atoms with Gasteiger partial charge in [-0.15, -0.1) is 0 Å². The fraction of sp³-hybridized carbons (Fsp3) is 0.556. The molecule has 0 aromatic carbocycles. The summed E-state index contributed by atoms with van der Waals surface area (Å²) in [6, 6.07) is 0. The van der Waals surface area contributed by atoms with Gasteiger partial charge in [0.2, 0.25) is 5.95 Å². The molecule has 2 rings (SSSR count). The van der Waals surface area contributed by atoms with Crippen molar-refractivity contribution in [2.45, 2.75) is 6.42 Å².